The second-order valence-corrected chi connectivity index (χ2v) is 5.49. The molecule has 1 unspecified atom stereocenters. The van der Waals surface area contributed by atoms with Crippen LogP contribution >= 0.6 is 23.2 Å². The first-order chi connectivity index (χ1) is 9.10. The topological polar surface area (TPSA) is 52.6 Å². The highest BCUT2D eigenvalue weighted by Gasteiger charge is 2.26. The number of likely N-dealkylation sites (tertiary alicyclic amines) is 1. The van der Waals surface area contributed by atoms with Gasteiger partial charge < -0.3 is 15.3 Å². The van der Waals surface area contributed by atoms with Crippen LogP contribution in [0.1, 0.15) is 19.3 Å². The van der Waals surface area contributed by atoms with E-state index in [0.717, 1.165) is 19.3 Å². The van der Waals surface area contributed by atoms with Gasteiger partial charge in [0.15, 0.2) is 0 Å². The minimum atomic E-state index is -0.225. The number of aliphatic hydroxyl groups is 1. The predicted molar refractivity (Wildman–Crippen MR) is 76.9 cm³/mol. The van der Waals surface area contributed by atoms with Gasteiger partial charge in [-0.3, -0.25) is 0 Å². The van der Waals surface area contributed by atoms with E-state index in [0.29, 0.717) is 22.3 Å². The second-order valence-electron chi connectivity index (χ2n) is 4.61. The molecule has 1 saturated heterocycles. The van der Waals surface area contributed by atoms with Gasteiger partial charge in [-0.1, -0.05) is 23.2 Å². The molecule has 1 atom stereocenters. The van der Waals surface area contributed by atoms with Gasteiger partial charge in [0.1, 0.15) is 0 Å². The van der Waals surface area contributed by atoms with Crippen molar-refractivity contribution in [3.8, 4) is 0 Å². The largest absolute Gasteiger partial charge is 0.394 e. The first-order valence-electron chi connectivity index (χ1n) is 6.24. The van der Waals surface area contributed by atoms with E-state index >= 15 is 0 Å². The second kappa shape index (κ2) is 6.46. The SMILES string of the molecule is O=C(Nc1cc(Cl)cc(Cl)c1)N1CCCCC1CO. The first-order valence-corrected chi connectivity index (χ1v) is 7.00. The number of benzene rings is 1. The number of halogens is 2. The molecule has 6 heteroatoms. The van der Waals surface area contributed by atoms with Gasteiger partial charge >= 0.3 is 6.03 Å². The molecule has 1 aliphatic rings. The first kappa shape index (κ1) is 14.4. The monoisotopic (exact) mass is 302 g/mol. The molecule has 1 aliphatic heterocycles. The predicted octanol–water partition coefficient (Wildman–Crippen LogP) is 3.37. The summed E-state index contributed by atoms with van der Waals surface area (Å²) >= 11 is 11.8. The summed E-state index contributed by atoms with van der Waals surface area (Å²) < 4.78 is 0. The maximum absolute atomic E-state index is 12.2. The van der Waals surface area contributed by atoms with Crippen molar-refractivity contribution in [2.24, 2.45) is 0 Å². The van der Waals surface area contributed by atoms with E-state index in [1.54, 1.807) is 23.1 Å². The lowest BCUT2D eigenvalue weighted by Crippen LogP contribution is -2.47. The normalized spacial score (nSPS) is 19.3. The van der Waals surface area contributed by atoms with Crippen LogP contribution < -0.4 is 5.32 Å². The number of urea groups is 1. The number of carbonyl (C=O) groups excluding carboxylic acids is 1. The highest BCUT2D eigenvalue weighted by atomic mass is 35.5. The minimum Gasteiger partial charge on any atom is -0.394 e. The Hall–Kier alpha value is -0.970. The fraction of sp³-hybridized carbons (Fsp3) is 0.462. The zero-order chi connectivity index (χ0) is 13.8. The summed E-state index contributed by atoms with van der Waals surface area (Å²) in [6, 6.07) is 4.56. The third-order valence-electron chi connectivity index (χ3n) is 3.21. The van der Waals surface area contributed by atoms with E-state index in [1.165, 1.54) is 0 Å². The lowest BCUT2D eigenvalue weighted by molar-refractivity contribution is 0.115. The van der Waals surface area contributed by atoms with Crippen LogP contribution in [0.4, 0.5) is 10.5 Å². The van der Waals surface area contributed by atoms with E-state index in [-0.39, 0.29) is 18.7 Å². The summed E-state index contributed by atoms with van der Waals surface area (Å²) in [7, 11) is 0. The molecular formula is C13H16Cl2N2O2. The van der Waals surface area contributed by atoms with Crippen molar-refractivity contribution in [3.63, 3.8) is 0 Å². The van der Waals surface area contributed by atoms with Crippen LogP contribution in [0.3, 0.4) is 0 Å². The molecule has 2 amide bonds. The summed E-state index contributed by atoms with van der Waals surface area (Å²) in [5, 5.41) is 13.0. The number of hydrogen-bond acceptors (Lipinski definition) is 2. The smallest absolute Gasteiger partial charge is 0.322 e. The van der Waals surface area contributed by atoms with Gasteiger partial charge in [0.2, 0.25) is 0 Å². The molecule has 0 bridgehead atoms. The van der Waals surface area contributed by atoms with Crippen molar-refractivity contribution in [2.45, 2.75) is 25.3 Å². The Morgan fingerprint density at radius 1 is 1.32 bits per heavy atom. The zero-order valence-corrected chi connectivity index (χ0v) is 11.9. The van der Waals surface area contributed by atoms with Crippen molar-refractivity contribution in [2.75, 3.05) is 18.5 Å². The maximum atomic E-state index is 12.2. The minimum absolute atomic E-state index is 0.0102. The maximum Gasteiger partial charge on any atom is 0.322 e. The Bertz CT molecular complexity index is 448. The van der Waals surface area contributed by atoms with Gasteiger partial charge in [-0.05, 0) is 37.5 Å². The molecule has 2 rings (SSSR count). The number of rotatable bonds is 2. The molecule has 0 radical (unpaired) electrons. The molecule has 0 aliphatic carbocycles. The number of aliphatic hydroxyl groups excluding tert-OH is 1. The van der Waals surface area contributed by atoms with Crippen LogP contribution in [-0.2, 0) is 0 Å². The highest BCUT2D eigenvalue weighted by molar-refractivity contribution is 6.35. The lowest BCUT2D eigenvalue weighted by atomic mass is 10.0. The fourth-order valence-electron chi connectivity index (χ4n) is 2.28. The number of hydrogen-bond donors (Lipinski definition) is 2. The van der Waals surface area contributed by atoms with Gasteiger partial charge in [-0.15, -0.1) is 0 Å². The van der Waals surface area contributed by atoms with Gasteiger partial charge in [-0.2, -0.15) is 0 Å². The Kier molecular flexibility index (Phi) is 4.91. The number of anilines is 1. The van der Waals surface area contributed by atoms with Crippen LogP contribution in [0, 0.1) is 0 Å². The van der Waals surface area contributed by atoms with Gasteiger partial charge in [0, 0.05) is 22.3 Å². The standard InChI is InChI=1S/C13H16Cl2N2O2/c14-9-5-10(15)7-11(6-9)16-13(19)17-4-2-1-3-12(17)8-18/h5-7,12,18H,1-4,8H2,(H,16,19). The number of piperidine rings is 1. The lowest BCUT2D eigenvalue weighted by Gasteiger charge is -2.34. The summed E-state index contributed by atoms with van der Waals surface area (Å²) in [6.45, 7) is 0.648. The Labute approximate surface area is 122 Å². The average molecular weight is 303 g/mol. The molecule has 1 fully saturated rings. The van der Waals surface area contributed by atoms with Gasteiger partial charge in [0.25, 0.3) is 0 Å². The molecule has 0 saturated carbocycles. The molecule has 19 heavy (non-hydrogen) atoms. The molecule has 0 aromatic heterocycles. The van der Waals surface area contributed by atoms with Crippen molar-refractivity contribution in [1.29, 1.82) is 0 Å². The molecule has 1 aromatic carbocycles. The van der Waals surface area contributed by atoms with Crippen LogP contribution in [0.2, 0.25) is 10.0 Å². The van der Waals surface area contributed by atoms with Gasteiger partial charge in [0.05, 0.1) is 12.6 Å². The van der Waals surface area contributed by atoms with Crippen molar-refractivity contribution in [3.05, 3.63) is 28.2 Å². The zero-order valence-electron chi connectivity index (χ0n) is 10.4. The number of carbonyl (C=O) groups is 1. The quantitative estimate of drug-likeness (QED) is 0.880. The molecular weight excluding hydrogens is 287 g/mol. The number of nitrogens with zero attached hydrogens (tertiary/aromatic N) is 1. The molecule has 4 nitrogen and oxygen atoms in total. The van der Waals surface area contributed by atoms with Gasteiger partial charge in [-0.25, -0.2) is 4.79 Å². The van der Waals surface area contributed by atoms with Crippen molar-refractivity contribution >= 4 is 34.9 Å². The molecule has 0 spiro atoms. The average Bonchev–Trinajstić information content (AvgIpc) is 2.37. The third-order valence-corrected chi connectivity index (χ3v) is 3.65. The van der Waals surface area contributed by atoms with Crippen LogP contribution in [0.15, 0.2) is 18.2 Å². The fourth-order valence-corrected chi connectivity index (χ4v) is 2.81. The summed E-state index contributed by atoms with van der Waals surface area (Å²) in [5.74, 6) is 0. The third kappa shape index (κ3) is 3.75. The number of amides is 2. The Morgan fingerprint density at radius 3 is 2.63 bits per heavy atom. The van der Waals surface area contributed by atoms with E-state index in [4.69, 9.17) is 23.2 Å². The van der Waals surface area contributed by atoms with Crippen molar-refractivity contribution in [1.82, 2.24) is 4.90 Å². The van der Waals surface area contributed by atoms with Crippen LogP contribution in [0.5, 0.6) is 0 Å². The highest BCUT2D eigenvalue weighted by Crippen LogP contribution is 2.24. The summed E-state index contributed by atoms with van der Waals surface area (Å²) in [6.07, 6.45) is 2.83. The molecule has 1 aromatic rings. The van der Waals surface area contributed by atoms with E-state index in [9.17, 15) is 9.90 Å². The van der Waals surface area contributed by atoms with Crippen LogP contribution in [0.25, 0.3) is 0 Å². The summed E-state index contributed by atoms with van der Waals surface area (Å²) in [5.41, 5.74) is 0.560. The molecule has 104 valence electrons. The van der Waals surface area contributed by atoms with E-state index < -0.39 is 0 Å². The Morgan fingerprint density at radius 2 is 2.00 bits per heavy atom. The van der Waals surface area contributed by atoms with Crippen molar-refractivity contribution < 1.29 is 9.90 Å². The molecule has 1 heterocycles. The van der Waals surface area contributed by atoms with Crippen LogP contribution in [-0.4, -0.2) is 35.2 Å². The Balaban J connectivity index is 2.07. The number of nitrogens with one attached hydrogen (secondary N) is 1. The van der Waals surface area contributed by atoms with E-state index in [1.807, 2.05) is 0 Å². The summed E-state index contributed by atoms with van der Waals surface area (Å²) in [4.78, 5) is 13.8. The molecule has 2 N–H and O–H groups in total. The van der Waals surface area contributed by atoms with E-state index in [2.05, 4.69) is 5.32 Å².